The summed E-state index contributed by atoms with van der Waals surface area (Å²) in [6.45, 7) is 3.44. The highest BCUT2D eigenvalue weighted by molar-refractivity contribution is 5.03. The van der Waals surface area contributed by atoms with Gasteiger partial charge < -0.3 is 19.3 Å². The topological polar surface area (TPSA) is 120 Å². The van der Waals surface area contributed by atoms with Gasteiger partial charge in [-0.05, 0) is 19.4 Å². The summed E-state index contributed by atoms with van der Waals surface area (Å²) in [4.78, 5) is 2.64. The Morgan fingerprint density at radius 3 is 2.84 bits per heavy atom. The summed E-state index contributed by atoms with van der Waals surface area (Å²) in [5, 5.41) is 22.3. The molecule has 0 bridgehead atoms. The summed E-state index contributed by atoms with van der Waals surface area (Å²) in [5.41, 5.74) is 8.32. The molecule has 0 unspecified atom stereocenters. The van der Waals surface area contributed by atoms with Gasteiger partial charge >= 0.3 is 0 Å². The van der Waals surface area contributed by atoms with Crippen molar-refractivity contribution in [3.8, 4) is 6.07 Å². The lowest BCUT2D eigenvalue weighted by atomic mass is 10.0. The number of fused-ring (bicyclic) bond motifs is 1. The van der Waals surface area contributed by atoms with Crippen LogP contribution in [0.5, 0.6) is 0 Å². The summed E-state index contributed by atoms with van der Waals surface area (Å²) >= 11 is 0. The first-order valence-corrected chi connectivity index (χ1v) is 6.06. The summed E-state index contributed by atoms with van der Waals surface area (Å²) < 4.78 is 17.1. The molecule has 0 radical (unpaired) electrons. The number of aliphatic hydroxyl groups is 1. The van der Waals surface area contributed by atoms with Gasteiger partial charge in [-0.3, -0.25) is 0 Å². The molecule has 0 spiro atoms. The van der Waals surface area contributed by atoms with E-state index < -0.39 is 29.9 Å². The Bertz CT molecular complexity index is 442. The fourth-order valence-corrected chi connectivity index (χ4v) is 2.58. The second kappa shape index (κ2) is 4.96. The second-order valence-corrected chi connectivity index (χ2v) is 5.07. The highest BCUT2D eigenvalue weighted by Crippen LogP contribution is 2.47. The minimum Gasteiger partial charge on any atom is -0.387 e. The highest BCUT2D eigenvalue weighted by Gasteiger charge is 2.63. The van der Waals surface area contributed by atoms with Crippen molar-refractivity contribution in [1.82, 2.24) is 0 Å². The molecule has 2 fully saturated rings. The number of hydrogen-bond acceptors (Lipinski definition) is 6. The van der Waals surface area contributed by atoms with E-state index in [1.807, 2.05) is 6.07 Å². The molecule has 2 aliphatic rings. The second-order valence-electron chi connectivity index (χ2n) is 5.07. The van der Waals surface area contributed by atoms with Gasteiger partial charge in [0, 0.05) is 17.8 Å². The SMILES string of the molecule is CC1(C)O[C@H]2[C@@H](O)[C@H](CN=[N+]=[N-])O[C@@]2(CCC#N)O1. The van der Waals surface area contributed by atoms with Crippen molar-refractivity contribution < 1.29 is 19.3 Å². The van der Waals surface area contributed by atoms with Crippen LogP contribution in [0.1, 0.15) is 26.7 Å². The van der Waals surface area contributed by atoms with Gasteiger partial charge in [0.25, 0.3) is 0 Å². The third kappa shape index (κ3) is 2.52. The van der Waals surface area contributed by atoms with E-state index in [4.69, 9.17) is 25.0 Å². The molecular weight excluding hydrogens is 252 g/mol. The summed E-state index contributed by atoms with van der Waals surface area (Å²) in [6, 6.07) is 2.02. The van der Waals surface area contributed by atoms with E-state index in [0.29, 0.717) is 6.42 Å². The monoisotopic (exact) mass is 268 g/mol. The molecule has 0 saturated carbocycles. The van der Waals surface area contributed by atoms with Crippen LogP contribution in [-0.4, -0.2) is 41.5 Å². The number of rotatable bonds is 4. The van der Waals surface area contributed by atoms with Crippen LogP contribution in [0.3, 0.4) is 0 Å². The summed E-state index contributed by atoms with van der Waals surface area (Å²) in [6.07, 6.45) is -1.81. The van der Waals surface area contributed by atoms with Crippen LogP contribution in [0.15, 0.2) is 5.11 Å². The van der Waals surface area contributed by atoms with Crippen molar-refractivity contribution in [2.75, 3.05) is 6.54 Å². The Morgan fingerprint density at radius 1 is 1.47 bits per heavy atom. The Labute approximate surface area is 110 Å². The van der Waals surface area contributed by atoms with Gasteiger partial charge in [-0.1, -0.05) is 5.11 Å². The first kappa shape index (κ1) is 14.1. The maximum absolute atomic E-state index is 10.2. The fourth-order valence-electron chi connectivity index (χ4n) is 2.58. The number of hydrogen-bond donors (Lipinski definition) is 1. The van der Waals surface area contributed by atoms with Crippen LogP contribution in [0, 0.1) is 11.3 Å². The van der Waals surface area contributed by atoms with Gasteiger partial charge in [0.15, 0.2) is 5.79 Å². The number of nitriles is 1. The van der Waals surface area contributed by atoms with Crippen LogP contribution >= 0.6 is 0 Å². The van der Waals surface area contributed by atoms with Crippen LogP contribution in [0.2, 0.25) is 0 Å². The van der Waals surface area contributed by atoms with Crippen molar-refractivity contribution in [3.05, 3.63) is 10.4 Å². The van der Waals surface area contributed by atoms with Crippen LogP contribution in [-0.2, 0) is 14.2 Å². The lowest BCUT2D eigenvalue weighted by Crippen LogP contribution is -2.40. The maximum Gasteiger partial charge on any atom is 0.201 e. The van der Waals surface area contributed by atoms with E-state index in [9.17, 15) is 5.11 Å². The molecule has 19 heavy (non-hydrogen) atoms. The first-order valence-electron chi connectivity index (χ1n) is 6.06. The quantitative estimate of drug-likeness (QED) is 0.466. The molecule has 8 nitrogen and oxygen atoms in total. The molecule has 2 heterocycles. The van der Waals surface area contributed by atoms with Gasteiger partial charge in [-0.25, -0.2) is 0 Å². The van der Waals surface area contributed by atoms with Gasteiger partial charge in [-0.15, -0.1) is 0 Å². The molecule has 0 aliphatic carbocycles. The third-order valence-electron chi connectivity index (χ3n) is 3.21. The summed E-state index contributed by atoms with van der Waals surface area (Å²) in [5.74, 6) is -2.03. The standard InChI is InChI=1S/C11H16N4O4/c1-10(2)18-9-8(16)7(6-14-15-13)17-11(9,19-10)4-3-5-12/h7-9,16H,3-4,6H2,1-2H3/t7-,8-,9-,11-/m0/s1. The normalized spacial score (nSPS) is 39.4. The largest absolute Gasteiger partial charge is 0.387 e. The molecule has 0 aromatic carbocycles. The Kier molecular flexibility index (Phi) is 3.67. The van der Waals surface area contributed by atoms with Crippen LogP contribution < -0.4 is 0 Å². The average Bonchev–Trinajstić information content (AvgIpc) is 2.75. The molecule has 8 heteroatoms. The van der Waals surface area contributed by atoms with Crippen molar-refractivity contribution in [2.24, 2.45) is 5.11 Å². The van der Waals surface area contributed by atoms with E-state index in [1.54, 1.807) is 13.8 Å². The van der Waals surface area contributed by atoms with Crippen molar-refractivity contribution in [1.29, 1.82) is 5.26 Å². The van der Waals surface area contributed by atoms with E-state index in [-0.39, 0.29) is 13.0 Å². The lowest BCUT2D eigenvalue weighted by Gasteiger charge is -2.27. The number of nitrogens with zero attached hydrogens (tertiary/aromatic N) is 4. The smallest absolute Gasteiger partial charge is 0.201 e. The number of ether oxygens (including phenoxy) is 3. The van der Waals surface area contributed by atoms with Gasteiger partial charge in [0.2, 0.25) is 5.79 Å². The molecule has 2 saturated heterocycles. The molecule has 4 atom stereocenters. The van der Waals surface area contributed by atoms with Crippen molar-refractivity contribution >= 4 is 0 Å². The number of aliphatic hydroxyl groups excluding tert-OH is 1. The Hall–Kier alpha value is -1.36. The molecule has 104 valence electrons. The molecule has 0 amide bonds. The fraction of sp³-hybridized carbons (Fsp3) is 0.909. The van der Waals surface area contributed by atoms with Crippen LogP contribution in [0.25, 0.3) is 10.4 Å². The van der Waals surface area contributed by atoms with Crippen molar-refractivity contribution in [3.63, 3.8) is 0 Å². The zero-order valence-electron chi connectivity index (χ0n) is 10.8. The van der Waals surface area contributed by atoms with E-state index >= 15 is 0 Å². The Balaban J connectivity index is 2.20. The van der Waals surface area contributed by atoms with E-state index in [0.717, 1.165) is 0 Å². The predicted molar refractivity (Wildman–Crippen MR) is 62.5 cm³/mol. The van der Waals surface area contributed by atoms with Gasteiger partial charge in [0.1, 0.15) is 12.2 Å². The lowest BCUT2D eigenvalue weighted by molar-refractivity contribution is -0.263. The number of azide groups is 1. The molecule has 2 aliphatic heterocycles. The van der Waals surface area contributed by atoms with Crippen LogP contribution in [0.4, 0.5) is 0 Å². The molecule has 2 rings (SSSR count). The van der Waals surface area contributed by atoms with E-state index in [2.05, 4.69) is 10.0 Å². The zero-order chi connectivity index (χ0) is 14.1. The molecule has 0 aromatic rings. The summed E-state index contributed by atoms with van der Waals surface area (Å²) in [7, 11) is 0. The molecular formula is C11H16N4O4. The Morgan fingerprint density at radius 2 is 2.21 bits per heavy atom. The third-order valence-corrected chi connectivity index (χ3v) is 3.21. The van der Waals surface area contributed by atoms with Gasteiger partial charge in [-0.2, -0.15) is 5.26 Å². The first-order chi connectivity index (χ1) is 8.94. The maximum atomic E-state index is 10.2. The van der Waals surface area contributed by atoms with Gasteiger partial charge in [0.05, 0.1) is 18.7 Å². The van der Waals surface area contributed by atoms with Crippen molar-refractivity contribution in [2.45, 2.75) is 56.6 Å². The predicted octanol–water partition coefficient (Wildman–Crippen LogP) is 1.21. The molecule has 0 aromatic heterocycles. The minimum atomic E-state index is -1.14. The minimum absolute atomic E-state index is 0.00435. The molecule has 1 N–H and O–H groups in total. The highest BCUT2D eigenvalue weighted by atomic mass is 16.9. The van der Waals surface area contributed by atoms with E-state index in [1.165, 1.54) is 0 Å². The zero-order valence-corrected chi connectivity index (χ0v) is 10.8. The average molecular weight is 268 g/mol.